The van der Waals surface area contributed by atoms with E-state index in [1.807, 2.05) is 78.9 Å². The maximum absolute atomic E-state index is 5.92. The first-order valence-corrected chi connectivity index (χ1v) is 12.5. The van der Waals surface area contributed by atoms with Crippen molar-refractivity contribution in [2.45, 2.75) is 6.92 Å². The van der Waals surface area contributed by atoms with Gasteiger partial charge in [-0.15, -0.1) is 70.8 Å². The van der Waals surface area contributed by atoms with Crippen molar-refractivity contribution < 1.29 is 24.5 Å². The van der Waals surface area contributed by atoms with Crippen molar-refractivity contribution in [1.82, 2.24) is 9.97 Å². The average molecular weight is 681 g/mol. The molecule has 3 aromatic heterocycles. The summed E-state index contributed by atoms with van der Waals surface area (Å²) in [5.41, 5.74) is 9.35. The van der Waals surface area contributed by atoms with Crippen molar-refractivity contribution in [3.8, 4) is 33.6 Å². The summed E-state index contributed by atoms with van der Waals surface area (Å²) in [6.45, 7) is 2.07. The van der Waals surface area contributed by atoms with Crippen LogP contribution in [0.25, 0.3) is 55.6 Å². The number of aryl methyl sites for hydroxylation is 1. The predicted molar refractivity (Wildman–Crippen MR) is 154 cm³/mol. The molecule has 0 N–H and O–H groups in total. The Morgan fingerprint density at radius 3 is 2.08 bits per heavy atom. The summed E-state index contributed by atoms with van der Waals surface area (Å²) in [4.78, 5) is 8.70. The van der Waals surface area contributed by atoms with Gasteiger partial charge in [0.25, 0.3) is 0 Å². The number of rotatable bonds is 3. The molecule has 0 fully saturated rings. The fraction of sp³-hybridized carbons (Fsp3) is 0.0286. The van der Waals surface area contributed by atoms with Crippen LogP contribution in [0, 0.1) is 19.1 Å². The largest absolute Gasteiger partial charge is 0.456 e. The zero-order valence-electron chi connectivity index (χ0n) is 21.3. The summed E-state index contributed by atoms with van der Waals surface area (Å²) >= 11 is 0. The van der Waals surface area contributed by atoms with E-state index in [4.69, 9.17) is 4.42 Å². The Hall–Kier alpha value is -4.37. The number of hydrogen-bond donors (Lipinski definition) is 0. The average Bonchev–Trinajstić information content (AvgIpc) is 3.37. The molecule has 7 rings (SSSR count). The normalized spacial score (nSPS) is 10.5. The fourth-order valence-electron chi connectivity index (χ4n) is 4.53. The SMILES string of the molecule is Cc1ccc[c-]c1-c1ccccn1.[Ir].[c-]1ccc(-c2ccc3oc4ccccc4c3c2)cc1-c1ccccn1. The predicted octanol–water partition coefficient (Wildman–Crippen LogP) is 8.97. The standard InChI is InChI=1S/C23H14NO.C12H10N.Ir/c1-2-10-22-19(8-1)20-15-17(11-12-23(20)25-22)16-6-5-7-18(14-16)21-9-3-4-13-24-21;1-10-6-2-3-7-11(10)12-8-4-5-9-13-12;/h1-6,8-15H;2-6,8-9H,1H3;/q2*-1;. The third-order valence-electron chi connectivity index (χ3n) is 6.44. The van der Waals surface area contributed by atoms with Crippen LogP contribution >= 0.6 is 0 Å². The van der Waals surface area contributed by atoms with Crippen LogP contribution in [0.1, 0.15) is 5.56 Å². The molecule has 0 unspecified atom stereocenters. The Balaban J connectivity index is 0.000000187. The fourth-order valence-corrected chi connectivity index (χ4v) is 4.53. The van der Waals surface area contributed by atoms with E-state index in [2.05, 4.69) is 65.4 Å². The van der Waals surface area contributed by atoms with Crippen molar-refractivity contribution in [2.24, 2.45) is 0 Å². The second-order valence-electron chi connectivity index (χ2n) is 8.96. The van der Waals surface area contributed by atoms with Gasteiger partial charge in [-0.2, -0.15) is 0 Å². The molecular weight excluding hydrogens is 657 g/mol. The number of pyridine rings is 2. The van der Waals surface area contributed by atoms with Crippen molar-refractivity contribution >= 4 is 21.9 Å². The molecule has 4 aromatic carbocycles. The molecule has 0 spiro atoms. The van der Waals surface area contributed by atoms with Crippen molar-refractivity contribution in [2.75, 3.05) is 0 Å². The summed E-state index contributed by atoms with van der Waals surface area (Å²) in [6.07, 6.45) is 3.61. The molecule has 0 saturated heterocycles. The number of para-hydroxylation sites is 1. The van der Waals surface area contributed by atoms with Crippen molar-refractivity contribution in [3.63, 3.8) is 0 Å². The van der Waals surface area contributed by atoms with Gasteiger partial charge in [-0.3, -0.25) is 0 Å². The molecule has 39 heavy (non-hydrogen) atoms. The van der Waals surface area contributed by atoms with Gasteiger partial charge in [0.05, 0.1) is 0 Å². The maximum atomic E-state index is 5.92. The third kappa shape index (κ3) is 5.73. The molecule has 0 aliphatic heterocycles. The molecule has 7 aromatic rings. The molecule has 0 amide bonds. The first-order valence-electron chi connectivity index (χ1n) is 12.5. The Kier molecular flexibility index (Phi) is 8.07. The minimum atomic E-state index is 0. The molecular formula is C35H24IrN2O-2. The molecule has 1 radical (unpaired) electrons. The summed E-state index contributed by atoms with van der Waals surface area (Å²) in [7, 11) is 0. The van der Waals surface area contributed by atoms with Gasteiger partial charge >= 0.3 is 0 Å². The van der Waals surface area contributed by atoms with E-state index in [1.165, 1.54) is 5.56 Å². The molecule has 0 aliphatic rings. The molecule has 0 bridgehead atoms. The van der Waals surface area contributed by atoms with Gasteiger partial charge in [-0.25, -0.2) is 0 Å². The topological polar surface area (TPSA) is 38.9 Å². The molecule has 3 nitrogen and oxygen atoms in total. The Bertz CT molecular complexity index is 1830. The second-order valence-corrected chi connectivity index (χ2v) is 8.96. The van der Waals surface area contributed by atoms with Crippen LogP contribution in [0.5, 0.6) is 0 Å². The van der Waals surface area contributed by atoms with E-state index in [1.54, 1.807) is 12.4 Å². The Morgan fingerprint density at radius 1 is 0.590 bits per heavy atom. The van der Waals surface area contributed by atoms with Gasteiger partial charge in [0.2, 0.25) is 0 Å². The molecule has 191 valence electrons. The minimum Gasteiger partial charge on any atom is -0.456 e. The Labute approximate surface area is 241 Å². The van der Waals surface area contributed by atoms with Crippen molar-refractivity contribution in [1.29, 1.82) is 0 Å². The van der Waals surface area contributed by atoms with E-state index >= 15 is 0 Å². The number of furan rings is 1. The monoisotopic (exact) mass is 681 g/mol. The van der Waals surface area contributed by atoms with Crippen LogP contribution < -0.4 is 0 Å². The van der Waals surface area contributed by atoms with Gasteiger partial charge in [0.15, 0.2) is 0 Å². The van der Waals surface area contributed by atoms with Crippen LogP contribution in [0.15, 0.2) is 132 Å². The van der Waals surface area contributed by atoms with Crippen LogP contribution in [0.3, 0.4) is 0 Å². The van der Waals surface area contributed by atoms with Crippen LogP contribution in [-0.4, -0.2) is 9.97 Å². The van der Waals surface area contributed by atoms with E-state index < -0.39 is 0 Å². The summed E-state index contributed by atoms with van der Waals surface area (Å²) in [5, 5.41) is 2.28. The van der Waals surface area contributed by atoms with Crippen LogP contribution in [-0.2, 0) is 20.1 Å². The minimum absolute atomic E-state index is 0. The van der Waals surface area contributed by atoms with Gasteiger partial charge in [0.1, 0.15) is 11.2 Å². The van der Waals surface area contributed by atoms with Crippen LogP contribution in [0.2, 0.25) is 0 Å². The van der Waals surface area contributed by atoms with Gasteiger partial charge in [0, 0.05) is 43.3 Å². The van der Waals surface area contributed by atoms with E-state index in [0.717, 1.165) is 55.6 Å². The van der Waals surface area contributed by atoms with E-state index in [-0.39, 0.29) is 20.1 Å². The molecule has 0 atom stereocenters. The molecule has 3 heterocycles. The smallest absolute Gasteiger partial charge is 0.135 e. The summed E-state index contributed by atoms with van der Waals surface area (Å²) in [6, 6.07) is 44.9. The second kappa shape index (κ2) is 12.0. The van der Waals surface area contributed by atoms with Gasteiger partial charge < -0.3 is 14.4 Å². The summed E-state index contributed by atoms with van der Waals surface area (Å²) < 4.78 is 5.92. The van der Waals surface area contributed by atoms with Crippen LogP contribution in [0.4, 0.5) is 0 Å². The number of aromatic nitrogens is 2. The molecule has 0 aliphatic carbocycles. The van der Waals surface area contributed by atoms with Gasteiger partial charge in [-0.05, 0) is 47.3 Å². The number of fused-ring (bicyclic) bond motifs is 3. The maximum Gasteiger partial charge on any atom is 0.135 e. The zero-order chi connectivity index (χ0) is 25.7. The van der Waals surface area contributed by atoms with E-state index in [0.29, 0.717) is 0 Å². The zero-order valence-corrected chi connectivity index (χ0v) is 23.7. The van der Waals surface area contributed by atoms with Gasteiger partial charge in [-0.1, -0.05) is 55.5 Å². The first kappa shape index (κ1) is 26.2. The number of benzene rings is 4. The van der Waals surface area contributed by atoms with E-state index in [9.17, 15) is 0 Å². The first-order chi connectivity index (χ1) is 18.8. The summed E-state index contributed by atoms with van der Waals surface area (Å²) in [5.74, 6) is 0. The molecule has 0 saturated carbocycles. The third-order valence-corrected chi connectivity index (χ3v) is 6.44. The number of nitrogens with zero attached hydrogens (tertiary/aromatic N) is 2. The number of hydrogen-bond acceptors (Lipinski definition) is 3. The quantitative estimate of drug-likeness (QED) is 0.175. The van der Waals surface area contributed by atoms with Crippen molar-refractivity contribution in [3.05, 3.63) is 145 Å². The molecule has 4 heteroatoms. The Morgan fingerprint density at radius 2 is 1.31 bits per heavy atom.